The summed E-state index contributed by atoms with van der Waals surface area (Å²) in [4.78, 5) is 33.6. The van der Waals surface area contributed by atoms with Gasteiger partial charge in [-0.15, -0.1) is 0 Å². The molecule has 5 rings (SSSR count). The third-order valence-electron chi connectivity index (χ3n) is 5.65. The number of pyridine rings is 3. The Bertz CT molecular complexity index is 1500. The van der Waals surface area contributed by atoms with Gasteiger partial charge >= 0.3 is 6.18 Å². The molecule has 0 unspecified atom stereocenters. The van der Waals surface area contributed by atoms with Crippen molar-refractivity contribution < 1.29 is 18.0 Å². The molecule has 2 aromatic heterocycles. The highest BCUT2D eigenvalue weighted by atomic mass is 19.4. The molecule has 2 N–H and O–H groups in total. The molecule has 0 aromatic carbocycles. The number of hydrogen-bond acceptors (Lipinski definition) is 7. The minimum atomic E-state index is -4.58. The number of carbonyl (C=O) groups excluding carboxylic acids is 1. The molecule has 5 heterocycles. The number of nitrogens with one attached hydrogen (secondary N) is 2. The highest BCUT2D eigenvalue weighted by molar-refractivity contribution is 6.03. The molecule has 2 aromatic rings. The van der Waals surface area contributed by atoms with E-state index in [1.165, 1.54) is 6.20 Å². The molecule has 3 aliphatic heterocycles. The van der Waals surface area contributed by atoms with Crippen LogP contribution in [0.3, 0.4) is 0 Å². The standard InChI is InChI=1S/C23H19F3N8O/c1-12-16(17-7-13-10-31-22(27-2)33-19(13)34-6-5-29-20(17)34)9-15(11-30-12)32-21(35)18-8-14(3-4-28-18)23(24,25)26/h3-4,7-11,29H,5-6H2,1-2H3,(H,32,35). The first-order valence-electron chi connectivity index (χ1n) is 10.6. The average molecular weight is 480 g/mol. The molecule has 0 aliphatic carbocycles. The van der Waals surface area contributed by atoms with Crippen LogP contribution in [0.2, 0.25) is 0 Å². The van der Waals surface area contributed by atoms with Gasteiger partial charge in [-0.05, 0) is 31.2 Å². The third kappa shape index (κ3) is 4.18. The second-order valence-electron chi connectivity index (χ2n) is 7.90. The van der Waals surface area contributed by atoms with Gasteiger partial charge in [0, 0.05) is 54.9 Å². The van der Waals surface area contributed by atoms with Gasteiger partial charge in [-0.3, -0.25) is 19.8 Å². The maximum Gasteiger partial charge on any atom is 0.416 e. The molecule has 0 saturated carbocycles. The average Bonchev–Trinajstić information content (AvgIpc) is 3.34. The fourth-order valence-corrected chi connectivity index (χ4v) is 3.97. The maximum absolute atomic E-state index is 13.0. The van der Waals surface area contributed by atoms with Gasteiger partial charge in [-0.2, -0.15) is 18.2 Å². The van der Waals surface area contributed by atoms with Crippen LogP contribution in [-0.2, 0) is 12.7 Å². The summed E-state index contributed by atoms with van der Waals surface area (Å²) >= 11 is 0. The van der Waals surface area contributed by atoms with Crippen LogP contribution in [0.4, 0.5) is 24.7 Å². The lowest BCUT2D eigenvalue weighted by molar-refractivity contribution is -0.137. The van der Waals surface area contributed by atoms with Gasteiger partial charge in [0.15, 0.2) is 0 Å². The third-order valence-corrected chi connectivity index (χ3v) is 5.65. The first kappa shape index (κ1) is 22.4. The Morgan fingerprint density at radius 3 is 2.74 bits per heavy atom. The van der Waals surface area contributed by atoms with E-state index in [9.17, 15) is 18.0 Å². The molecule has 0 saturated heterocycles. The minimum absolute atomic E-state index is 0.322. The van der Waals surface area contributed by atoms with Crippen LogP contribution in [-0.4, -0.2) is 44.0 Å². The topological polar surface area (TPSA) is 110 Å². The Labute approximate surface area is 197 Å². The Kier molecular flexibility index (Phi) is 5.42. The van der Waals surface area contributed by atoms with E-state index in [1.54, 1.807) is 19.3 Å². The highest BCUT2D eigenvalue weighted by Crippen LogP contribution is 2.38. The fourth-order valence-electron chi connectivity index (χ4n) is 3.97. The van der Waals surface area contributed by atoms with E-state index in [-0.39, 0.29) is 5.69 Å². The quantitative estimate of drug-likeness (QED) is 0.465. The van der Waals surface area contributed by atoms with Gasteiger partial charge in [0.25, 0.3) is 5.91 Å². The molecule has 0 bridgehead atoms. The summed E-state index contributed by atoms with van der Waals surface area (Å²) in [5, 5.41) is 5.97. The Balaban J connectivity index is 1.54. The highest BCUT2D eigenvalue weighted by Gasteiger charge is 2.31. The predicted octanol–water partition coefficient (Wildman–Crippen LogP) is 3.38. The molecule has 12 heteroatoms. The Hall–Kier alpha value is -4.35. The van der Waals surface area contributed by atoms with Gasteiger partial charge in [0.05, 0.1) is 17.4 Å². The van der Waals surface area contributed by atoms with Crippen molar-refractivity contribution in [2.45, 2.75) is 19.6 Å². The number of halogens is 3. The van der Waals surface area contributed by atoms with Crippen LogP contribution < -0.4 is 16.3 Å². The van der Waals surface area contributed by atoms with Gasteiger partial charge in [-0.25, -0.2) is 4.98 Å². The van der Waals surface area contributed by atoms with Crippen LogP contribution in [0.5, 0.6) is 0 Å². The lowest BCUT2D eigenvalue weighted by Crippen LogP contribution is -2.17. The summed E-state index contributed by atoms with van der Waals surface area (Å²) in [7, 11) is 1.63. The van der Waals surface area contributed by atoms with E-state index in [2.05, 4.69) is 35.6 Å². The molecule has 0 radical (unpaired) electrons. The number of anilines is 2. The maximum atomic E-state index is 13.0. The van der Waals surface area contributed by atoms with Crippen molar-refractivity contribution in [1.29, 1.82) is 0 Å². The minimum Gasteiger partial charge on any atom is -0.369 e. The van der Waals surface area contributed by atoms with E-state index in [4.69, 9.17) is 0 Å². The second kappa shape index (κ2) is 8.46. The number of rotatable bonds is 3. The molecular formula is C23H19F3N8O. The molecule has 35 heavy (non-hydrogen) atoms. The van der Waals surface area contributed by atoms with Crippen LogP contribution in [0.25, 0.3) is 22.5 Å². The summed E-state index contributed by atoms with van der Waals surface area (Å²) in [6.45, 7) is 3.24. The van der Waals surface area contributed by atoms with Crippen molar-refractivity contribution in [3.8, 4) is 22.5 Å². The first-order valence-corrected chi connectivity index (χ1v) is 10.6. The van der Waals surface area contributed by atoms with Crippen molar-refractivity contribution in [3.05, 3.63) is 65.4 Å². The van der Waals surface area contributed by atoms with E-state index >= 15 is 0 Å². The zero-order valence-electron chi connectivity index (χ0n) is 18.7. The SMILES string of the molecule is CN=c1ncc2cc(-c3cc(NC(=O)c4cc(C(F)(F)F)ccn4)cnc3C)c3n(c-2n1)CCN3. The number of hydrogen-bond donors (Lipinski definition) is 2. The number of carbonyl (C=O) groups is 1. The zero-order valence-corrected chi connectivity index (χ0v) is 18.7. The monoisotopic (exact) mass is 480 g/mol. The molecule has 0 atom stereocenters. The number of alkyl halides is 3. The molecule has 9 nitrogen and oxygen atoms in total. The molecular weight excluding hydrogens is 461 g/mol. The smallest absolute Gasteiger partial charge is 0.369 e. The van der Waals surface area contributed by atoms with Crippen molar-refractivity contribution in [2.75, 3.05) is 24.2 Å². The number of aryl methyl sites for hydroxylation is 1. The van der Waals surface area contributed by atoms with Gasteiger partial charge in [-0.1, -0.05) is 0 Å². The number of amides is 1. The summed E-state index contributed by atoms with van der Waals surface area (Å²) in [6, 6.07) is 5.19. The fraction of sp³-hybridized carbons (Fsp3) is 0.217. The first-order chi connectivity index (χ1) is 16.7. The summed E-state index contributed by atoms with van der Waals surface area (Å²) < 4.78 is 41.1. The number of nitrogens with zero attached hydrogens (tertiary/aromatic N) is 6. The lowest BCUT2D eigenvalue weighted by atomic mass is 10.0. The summed E-state index contributed by atoms with van der Waals surface area (Å²) in [5.74, 6) is 0.814. The largest absolute Gasteiger partial charge is 0.416 e. The lowest BCUT2D eigenvalue weighted by Gasteiger charge is -2.18. The zero-order chi connectivity index (χ0) is 24.7. The Morgan fingerprint density at radius 1 is 1.14 bits per heavy atom. The number of fused-ring (bicyclic) bond motifs is 3. The van der Waals surface area contributed by atoms with Crippen molar-refractivity contribution in [1.82, 2.24) is 24.5 Å². The van der Waals surface area contributed by atoms with E-state index in [0.717, 1.165) is 40.6 Å². The van der Waals surface area contributed by atoms with Gasteiger partial charge in [0.1, 0.15) is 17.3 Å². The summed E-state index contributed by atoms with van der Waals surface area (Å²) in [5.41, 5.74) is 2.50. The van der Waals surface area contributed by atoms with Crippen molar-refractivity contribution in [2.24, 2.45) is 4.99 Å². The van der Waals surface area contributed by atoms with Gasteiger partial charge < -0.3 is 15.2 Å². The van der Waals surface area contributed by atoms with Crippen LogP contribution >= 0.6 is 0 Å². The Morgan fingerprint density at radius 2 is 1.97 bits per heavy atom. The molecule has 1 amide bonds. The van der Waals surface area contributed by atoms with Crippen LogP contribution in [0, 0.1) is 6.92 Å². The molecule has 3 aliphatic rings. The van der Waals surface area contributed by atoms with Crippen molar-refractivity contribution in [3.63, 3.8) is 0 Å². The summed E-state index contributed by atoms with van der Waals surface area (Å²) in [6.07, 6.45) is -0.470. The van der Waals surface area contributed by atoms with E-state index in [1.807, 2.05) is 17.6 Å². The van der Waals surface area contributed by atoms with Crippen LogP contribution in [0.15, 0.2) is 47.8 Å². The van der Waals surface area contributed by atoms with Crippen molar-refractivity contribution >= 4 is 17.4 Å². The number of aromatic nitrogens is 5. The molecule has 0 spiro atoms. The van der Waals surface area contributed by atoms with Gasteiger partial charge in [0.2, 0.25) is 5.62 Å². The van der Waals surface area contributed by atoms with E-state index < -0.39 is 17.6 Å². The predicted molar refractivity (Wildman–Crippen MR) is 122 cm³/mol. The molecule has 178 valence electrons. The van der Waals surface area contributed by atoms with E-state index in [0.29, 0.717) is 36.2 Å². The second-order valence-corrected chi connectivity index (χ2v) is 7.90. The normalized spacial score (nSPS) is 13.6. The molecule has 0 fully saturated rings. The van der Waals surface area contributed by atoms with Crippen LogP contribution in [0.1, 0.15) is 21.7 Å².